The molecule has 1 heterocycles. The van der Waals surface area contributed by atoms with Crippen LogP contribution in [0.25, 0.3) is 0 Å². The molecule has 0 amide bonds. The van der Waals surface area contributed by atoms with Gasteiger partial charge >= 0.3 is 0 Å². The molecule has 0 fully saturated rings. The van der Waals surface area contributed by atoms with Crippen molar-refractivity contribution in [3.63, 3.8) is 0 Å². The first kappa shape index (κ1) is 14.5. The molecule has 0 aliphatic heterocycles. The Balaban J connectivity index is 2.09. The van der Waals surface area contributed by atoms with Crippen LogP contribution in [0, 0.1) is 11.6 Å². The number of nitrogens with zero attached hydrogens (tertiary/aromatic N) is 2. The highest BCUT2D eigenvalue weighted by molar-refractivity contribution is 7.79. The van der Waals surface area contributed by atoms with Crippen LogP contribution < -0.4 is 4.74 Å². The monoisotopic (exact) mass is 300 g/mol. The Labute approximate surface area is 116 Å². The summed E-state index contributed by atoms with van der Waals surface area (Å²) in [6.45, 7) is 0.0183. The Kier molecular flexibility index (Phi) is 4.70. The van der Waals surface area contributed by atoms with E-state index in [4.69, 9.17) is 8.92 Å². The standard InChI is InChI=1S/C12H10F2N2O3S/c1-20(17)18-7-8-5-16-11(6-15-8)19-12-9(13)3-2-4-10(12)14/h2-6H,7H2,1H3. The van der Waals surface area contributed by atoms with Crippen LogP contribution in [0.4, 0.5) is 8.78 Å². The minimum absolute atomic E-state index is 0.0183. The van der Waals surface area contributed by atoms with E-state index >= 15 is 0 Å². The van der Waals surface area contributed by atoms with E-state index in [1.165, 1.54) is 24.7 Å². The summed E-state index contributed by atoms with van der Waals surface area (Å²) in [5.74, 6) is -2.27. The number of hydrogen-bond acceptors (Lipinski definition) is 5. The second kappa shape index (κ2) is 6.49. The molecule has 0 bridgehead atoms. The maximum absolute atomic E-state index is 13.4. The highest BCUT2D eigenvalue weighted by Crippen LogP contribution is 2.25. The Morgan fingerprint density at radius 1 is 1.20 bits per heavy atom. The fourth-order valence-corrected chi connectivity index (χ4v) is 1.58. The third-order valence-electron chi connectivity index (χ3n) is 2.18. The lowest BCUT2D eigenvalue weighted by atomic mass is 10.3. The Morgan fingerprint density at radius 3 is 2.45 bits per heavy atom. The van der Waals surface area contributed by atoms with Gasteiger partial charge in [-0.3, -0.25) is 9.17 Å². The molecule has 2 aromatic rings. The average molecular weight is 300 g/mol. The molecule has 20 heavy (non-hydrogen) atoms. The predicted molar refractivity (Wildman–Crippen MR) is 67.3 cm³/mol. The van der Waals surface area contributed by atoms with E-state index in [2.05, 4.69) is 9.97 Å². The smallest absolute Gasteiger partial charge is 0.238 e. The first-order valence-corrected chi connectivity index (χ1v) is 6.94. The quantitative estimate of drug-likeness (QED) is 0.848. The third-order valence-corrected chi connectivity index (χ3v) is 2.63. The van der Waals surface area contributed by atoms with Crippen molar-refractivity contribution in [2.24, 2.45) is 0 Å². The summed E-state index contributed by atoms with van der Waals surface area (Å²) in [5, 5.41) is 0. The molecule has 0 N–H and O–H groups in total. The maximum atomic E-state index is 13.4. The number of rotatable bonds is 5. The molecule has 5 nitrogen and oxygen atoms in total. The van der Waals surface area contributed by atoms with Crippen molar-refractivity contribution >= 4 is 11.1 Å². The molecule has 0 radical (unpaired) electrons. The average Bonchev–Trinajstić information content (AvgIpc) is 2.42. The molecule has 106 valence electrons. The van der Waals surface area contributed by atoms with Crippen LogP contribution in [0.3, 0.4) is 0 Å². The van der Waals surface area contributed by atoms with Crippen LogP contribution in [0.1, 0.15) is 5.69 Å². The van der Waals surface area contributed by atoms with Crippen LogP contribution in [-0.2, 0) is 21.9 Å². The highest BCUT2D eigenvalue weighted by Gasteiger charge is 2.11. The molecule has 0 saturated heterocycles. The van der Waals surface area contributed by atoms with Gasteiger partial charge in [0.05, 0.1) is 18.1 Å². The van der Waals surface area contributed by atoms with Gasteiger partial charge < -0.3 is 4.74 Å². The minimum Gasteiger partial charge on any atom is -0.431 e. The second-order valence-corrected chi connectivity index (χ2v) is 4.70. The first-order valence-electron chi connectivity index (χ1n) is 5.46. The van der Waals surface area contributed by atoms with Gasteiger partial charge in [0, 0.05) is 6.26 Å². The maximum Gasteiger partial charge on any atom is 0.238 e. The zero-order valence-corrected chi connectivity index (χ0v) is 11.2. The predicted octanol–water partition coefficient (Wildman–Crippen LogP) is 2.36. The zero-order valence-electron chi connectivity index (χ0n) is 10.4. The fraction of sp³-hybridized carbons (Fsp3) is 0.167. The van der Waals surface area contributed by atoms with E-state index in [1.807, 2.05) is 0 Å². The van der Waals surface area contributed by atoms with Gasteiger partial charge in [-0.2, -0.15) is 0 Å². The van der Waals surface area contributed by atoms with Crippen molar-refractivity contribution in [2.75, 3.05) is 6.26 Å². The van der Waals surface area contributed by atoms with Gasteiger partial charge in [0.2, 0.25) is 11.6 Å². The minimum atomic E-state index is -1.41. The molecule has 0 aliphatic rings. The van der Waals surface area contributed by atoms with Gasteiger partial charge in [-0.1, -0.05) is 6.07 Å². The molecule has 8 heteroatoms. The highest BCUT2D eigenvalue weighted by atomic mass is 32.2. The van der Waals surface area contributed by atoms with Crippen LogP contribution in [0.15, 0.2) is 30.6 Å². The number of halogens is 2. The molecule has 1 aromatic carbocycles. The van der Waals surface area contributed by atoms with E-state index in [0.29, 0.717) is 5.69 Å². The number of ether oxygens (including phenoxy) is 1. The van der Waals surface area contributed by atoms with Crippen molar-refractivity contribution in [3.8, 4) is 11.6 Å². The number of benzene rings is 1. The molecule has 0 saturated carbocycles. The largest absolute Gasteiger partial charge is 0.431 e. The van der Waals surface area contributed by atoms with Gasteiger partial charge in [-0.15, -0.1) is 0 Å². The Hall–Kier alpha value is -1.93. The Morgan fingerprint density at radius 2 is 1.90 bits per heavy atom. The lowest BCUT2D eigenvalue weighted by molar-refractivity contribution is 0.332. The van der Waals surface area contributed by atoms with Gasteiger partial charge in [0.1, 0.15) is 6.61 Å². The molecule has 0 spiro atoms. The summed E-state index contributed by atoms with van der Waals surface area (Å²) in [7, 11) is 0. The second-order valence-electron chi connectivity index (χ2n) is 3.66. The Bertz CT molecular complexity index is 602. The van der Waals surface area contributed by atoms with E-state index in [-0.39, 0.29) is 12.5 Å². The van der Waals surface area contributed by atoms with E-state index in [1.54, 1.807) is 0 Å². The van der Waals surface area contributed by atoms with Gasteiger partial charge in [-0.05, 0) is 12.1 Å². The number of hydrogen-bond donors (Lipinski definition) is 0. The molecular weight excluding hydrogens is 290 g/mol. The summed E-state index contributed by atoms with van der Waals surface area (Å²) in [4.78, 5) is 7.75. The summed E-state index contributed by atoms with van der Waals surface area (Å²) >= 11 is -1.41. The molecular formula is C12H10F2N2O3S. The van der Waals surface area contributed by atoms with Crippen LogP contribution in [0.5, 0.6) is 11.6 Å². The van der Waals surface area contributed by atoms with Crippen molar-refractivity contribution < 1.29 is 21.9 Å². The van der Waals surface area contributed by atoms with Crippen molar-refractivity contribution in [3.05, 3.63) is 47.9 Å². The lowest BCUT2D eigenvalue weighted by Gasteiger charge is -2.06. The summed E-state index contributed by atoms with van der Waals surface area (Å²) < 4.78 is 47.3. The van der Waals surface area contributed by atoms with Crippen molar-refractivity contribution in [1.82, 2.24) is 9.97 Å². The van der Waals surface area contributed by atoms with Gasteiger partial charge in [0.15, 0.2) is 22.7 Å². The van der Waals surface area contributed by atoms with Gasteiger partial charge in [0.25, 0.3) is 0 Å². The van der Waals surface area contributed by atoms with Crippen LogP contribution in [-0.4, -0.2) is 20.4 Å². The summed E-state index contributed by atoms with van der Waals surface area (Å²) in [5.41, 5.74) is 0.418. The summed E-state index contributed by atoms with van der Waals surface area (Å²) in [6.07, 6.45) is 3.88. The van der Waals surface area contributed by atoms with E-state index in [9.17, 15) is 13.0 Å². The first-order chi connectivity index (χ1) is 9.56. The third kappa shape index (κ3) is 3.78. The van der Waals surface area contributed by atoms with Crippen molar-refractivity contribution in [2.45, 2.75) is 6.61 Å². The van der Waals surface area contributed by atoms with E-state index in [0.717, 1.165) is 12.1 Å². The molecule has 0 aliphatic carbocycles. The normalized spacial score (nSPS) is 12.2. The van der Waals surface area contributed by atoms with Crippen LogP contribution in [0.2, 0.25) is 0 Å². The molecule has 2 rings (SSSR count). The topological polar surface area (TPSA) is 61.3 Å². The molecule has 1 aromatic heterocycles. The number of aromatic nitrogens is 2. The van der Waals surface area contributed by atoms with E-state index < -0.39 is 28.5 Å². The van der Waals surface area contributed by atoms with Crippen molar-refractivity contribution in [1.29, 1.82) is 0 Å². The SMILES string of the molecule is CS(=O)OCc1cnc(Oc2c(F)cccc2F)cn1. The zero-order chi connectivity index (χ0) is 14.5. The summed E-state index contributed by atoms with van der Waals surface area (Å²) in [6, 6.07) is 3.38. The van der Waals surface area contributed by atoms with Crippen LogP contribution >= 0.6 is 0 Å². The molecule has 1 atom stereocenters. The molecule has 1 unspecified atom stereocenters. The number of para-hydroxylation sites is 1. The van der Waals surface area contributed by atoms with Gasteiger partial charge in [-0.25, -0.2) is 18.0 Å². The lowest BCUT2D eigenvalue weighted by Crippen LogP contribution is -2.00. The fourth-order valence-electron chi connectivity index (χ4n) is 1.30.